The van der Waals surface area contributed by atoms with Crippen molar-refractivity contribution in [3.05, 3.63) is 59.4 Å². The van der Waals surface area contributed by atoms with Crippen LogP contribution >= 0.6 is 0 Å². The first kappa shape index (κ1) is 15.3. The highest BCUT2D eigenvalue weighted by Crippen LogP contribution is 2.32. The summed E-state index contributed by atoms with van der Waals surface area (Å²) in [6, 6.07) is 11.6. The second kappa shape index (κ2) is 6.59. The van der Waals surface area contributed by atoms with Crippen LogP contribution in [0.15, 0.2) is 42.5 Å². The van der Waals surface area contributed by atoms with Crippen molar-refractivity contribution in [2.45, 2.75) is 26.1 Å². The molecule has 2 aromatic carbocycles. The molecule has 0 aliphatic rings. The lowest BCUT2D eigenvalue weighted by Crippen LogP contribution is -2.10. The van der Waals surface area contributed by atoms with E-state index in [4.69, 9.17) is 9.47 Å². The number of benzene rings is 2. The molecular formula is C17H19FO3. The minimum Gasteiger partial charge on any atom is -0.494 e. The van der Waals surface area contributed by atoms with Crippen LogP contribution in [0, 0.1) is 5.82 Å². The molecule has 0 aromatic heterocycles. The molecule has 4 heteroatoms. The third kappa shape index (κ3) is 3.52. The Morgan fingerprint density at radius 2 is 1.76 bits per heavy atom. The first-order valence-electron chi connectivity index (χ1n) is 6.80. The normalized spacial score (nSPS) is 12.3. The minimum absolute atomic E-state index is 0.00102. The number of aliphatic hydroxyl groups excluding tert-OH is 1. The summed E-state index contributed by atoms with van der Waals surface area (Å²) in [6.07, 6.45) is -0.907. The highest BCUT2D eigenvalue weighted by Gasteiger charge is 2.17. The minimum atomic E-state index is -0.908. The van der Waals surface area contributed by atoms with Crippen LogP contribution < -0.4 is 9.47 Å². The summed E-state index contributed by atoms with van der Waals surface area (Å²) < 4.78 is 24.1. The largest absolute Gasteiger partial charge is 0.494 e. The summed E-state index contributed by atoms with van der Waals surface area (Å²) in [5, 5.41) is 10.5. The average Bonchev–Trinajstić information content (AvgIpc) is 2.47. The van der Waals surface area contributed by atoms with Gasteiger partial charge in [-0.1, -0.05) is 24.3 Å². The molecular weight excluding hydrogens is 271 g/mol. The van der Waals surface area contributed by atoms with Crippen molar-refractivity contribution in [3.63, 3.8) is 0 Å². The van der Waals surface area contributed by atoms with Gasteiger partial charge in [0.1, 0.15) is 11.9 Å². The van der Waals surface area contributed by atoms with E-state index in [1.807, 2.05) is 26.0 Å². The fraction of sp³-hybridized carbons (Fsp3) is 0.294. The summed E-state index contributed by atoms with van der Waals surface area (Å²) in [4.78, 5) is 0. The van der Waals surface area contributed by atoms with E-state index in [-0.39, 0.29) is 11.9 Å². The molecule has 0 aliphatic heterocycles. The summed E-state index contributed by atoms with van der Waals surface area (Å²) in [5.41, 5.74) is 1.19. The zero-order valence-corrected chi connectivity index (χ0v) is 12.3. The van der Waals surface area contributed by atoms with Crippen LogP contribution in [0.3, 0.4) is 0 Å². The molecule has 0 spiro atoms. The fourth-order valence-electron chi connectivity index (χ4n) is 2.09. The maximum absolute atomic E-state index is 13.5. The summed E-state index contributed by atoms with van der Waals surface area (Å²) in [5.74, 6) is 0.261. The Kier molecular flexibility index (Phi) is 4.81. The molecule has 0 radical (unpaired) electrons. The van der Waals surface area contributed by atoms with E-state index in [0.717, 1.165) is 0 Å². The zero-order valence-electron chi connectivity index (χ0n) is 12.3. The predicted octanol–water partition coefficient (Wildman–Crippen LogP) is 3.70. The molecule has 0 heterocycles. The topological polar surface area (TPSA) is 38.7 Å². The van der Waals surface area contributed by atoms with Crippen molar-refractivity contribution in [1.29, 1.82) is 0 Å². The third-order valence-electron chi connectivity index (χ3n) is 3.07. The molecule has 0 aliphatic carbocycles. The van der Waals surface area contributed by atoms with E-state index in [0.29, 0.717) is 16.9 Å². The number of ether oxygens (including phenoxy) is 2. The highest BCUT2D eigenvalue weighted by atomic mass is 19.1. The number of methoxy groups -OCH3 is 1. The molecule has 1 N–H and O–H groups in total. The van der Waals surface area contributed by atoms with Gasteiger partial charge in [-0.2, -0.15) is 0 Å². The van der Waals surface area contributed by atoms with Crippen molar-refractivity contribution < 1.29 is 19.0 Å². The number of rotatable bonds is 5. The predicted molar refractivity (Wildman–Crippen MR) is 79.2 cm³/mol. The van der Waals surface area contributed by atoms with Crippen molar-refractivity contribution >= 4 is 0 Å². The lowest BCUT2D eigenvalue weighted by atomic mass is 10.0. The molecule has 0 saturated heterocycles. The Morgan fingerprint density at radius 1 is 1.05 bits per heavy atom. The summed E-state index contributed by atoms with van der Waals surface area (Å²) in [6.45, 7) is 3.84. The van der Waals surface area contributed by atoms with Crippen LogP contribution in [0.4, 0.5) is 4.39 Å². The van der Waals surface area contributed by atoms with Gasteiger partial charge in [-0.3, -0.25) is 0 Å². The maximum atomic E-state index is 13.5. The van der Waals surface area contributed by atoms with Crippen molar-refractivity contribution in [1.82, 2.24) is 0 Å². The van der Waals surface area contributed by atoms with Crippen LogP contribution in [0.25, 0.3) is 0 Å². The third-order valence-corrected chi connectivity index (χ3v) is 3.07. The van der Waals surface area contributed by atoms with E-state index in [1.165, 1.54) is 25.3 Å². The zero-order chi connectivity index (χ0) is 15.4. The van der Waals surface area contributed by atoms with Crippen molar-refractivity contribution in [2.24, 2.45) is 0 Å². The molecule has 21 heavy (non-hydrogen) atoms. The molecule has 0 bridgehead atoms. The Labute approximate surface area is 124 Å². The number of halogens is 1. The standard InChI is InChI=1S/C17H19FO3/c1-11(2)21-15-7-5-4-6-13(15)17(19)12-8-9-14(18)16(10-12)20-3/h4-11,17,19H,1-3H3. The Bertz CT molecular complexity index is 611. The maximum Gasteiger partial charge on any atom is 0.165 e. The van der Waals surface area contributed by atoms with E-state index in [9.17, 15) is 9.50 Å². The van der Waals surface area contributed by atoms with E-state index in [1.54, 1.807) is 12.1 Å². The number of para-hydroxylation sites is 1. The molecule has 2 rings (SSSR count). The van der Waals surface area contributed by atoms with Crippen molar-refractivity contribution in [3.8, 4) is 11.5 Å². The fourth-order valence-corrected chi connectivity index (χ4v) is 2.09. The molecule has 0 saturated carbocycles. The number of hydrogen-bond donors (Lipinski definition) is 1. The van der Waals surface area contributed by atoms with Gasteiger partial charge in [0.15, 0.2) is 11.6 Å². The quantitative estimate of drug-likeness (QED) is 0.912. The van der Waals surface area contributed by atoms with E-state index < -0.39 is 11.9 Å². The first-order valence-corrected chi connectivity index (χ1v) is 6.80. The Hall–Kier alpha value is -2.07. The SMILES string of the molecule is COc1cc(C(O)c2ccccc2OC(C)C)ccc1F. The average molecular weight is 290 g/mol. The van der Waals surface area contributed by atoms with Gasteiger partial charge in [-0.15, -0.1) is 0 Å². The van der Waals surface area contributed by atoms with Crippen molar-refractivity contribution in [2.75, 3.05) is 7.11 Å². The molecule has 0 fully saturated rings. The van der Waals surface area contributed by atoms with Gasteiger partial charge < -0.3 is 14.6 Å². The van der Waals surface area contributed by atoms with Gasteiger partial charge in [0.2, 0.25) is 0 Å². The number of hydrogen-bond acceptors (Lipinski definition) is 3. The Balaban J connectivity index is 2.38. The summed E-state index contributed by atoms with van der Waals surface area (Å²) in [7, 11) is 1.39. The van der Waals surface area contributed by atoms with Crippen LogP contribution in [-0.4, -0.2) is 18.3 Å². The van der Waals surface area contributed by atoms with Gasteiger partial charge in [-0.05, 0) is 37.6 Å². The smallest absolute Gasteiger partial charge is 0.165 e. The summed E-state index contributed by atoms with van der Waals surface area (Å²) >= 11 is 0. The molecule has 112 valence electrons. The second-order valence-electron chi connectivity index (χ2n) is 5.00. The molecule has 0 amide bonds. The van der Waals surface area contributed by atoms with Crippen LogP contribution in [0.2, 0.25) is 0 Å². The first-order chi connectivity index (χ1) is 10.0. The van der Waals surface area contributed by atoms with Gasteiger partial charge in [0.05, 0.1) is 13.2 Å². The molecule has 2 aromatic rings. The number of aliphatic hydroxyl groups is 1. The van der Waals surface area contributed by atoms with Gasteiger partial charge in [0, 0.05) is 5.56 Å². The van der Waals surface area contributed by atoms with E-state index >= 15 is 0 Å². The lowest BCUT2D eigenvalue weighted by Gasteiger charge is -2.18. The highest BCUT2D eigenvalue weighted by molar-refractivity contribution is 5.42. The second-order valence-corrected chi connectivity index (χ2v) is 5.00. The van der Waals surface area contributed by atoms with Crippen LogP contribution in [0.5, 0.6) is 11.5 Å². The lowest BCUT2D eigenvalue weighted by molar-refractivity contribution is 0.197. The van der Waals surface area contributed by atoms with Gasteiger partial charge in [-0.25, -0.2) is 4.39 Å². The van der Waals surface area contributed by atoms with E-state index in [2.05, 4.69) is 0 Å². The van der Waals surface area contributed by atoms with Gasteiger partial charge in [0.25, 0.3) is 0 Å². The monoisotopic (exact) mass is 290 g/mol. The molecule has 1 atom stereocenters. The molecule has 3 nitrogen and oxygen atoms in total. The van der Waals surface area contributed by atoms with Crippen LogP contribution in [-0.2, 0) is 0 Å². The molecule has 1 unspecified atom stereocenters. The van der Waals surface area contributed by atoms with Gasteiger partial charge >= 0.3 is 0 Å². The van der Waals surface area contributed by atoms with Crippen LogP contribution in [0.1, 0.15) is 31.1 Å². The Morgan fingerprint density at radius 3 is 2.43 bits per heavy atom.